The number of nitrogens with zero attached hydrogens (tertiary/aromatic N) is 4. The molecule has 6 nitrogen and oxygen atoms in total. The molecule has 0 amide bonds. The highest BCUT2D eigenvalue weighted by Gasteiger charge is 2.12. The number of hydrogen-bond donors (Lipinski definition) is 0. The van der Waals surface area contributed by atoms with E-state index in [9.17, 15) is 0 Å². The maximum atomic E-state index is 5.99. The van der Waals surface area contributed by atoms with Gasteiger partial charge in [-0.05, 0) is 11.5 Å². The van der Waals surface area contributed by atoms with Crippen LogP contribution in [0.2, 0.25) is 0 Å². The van der Waals surface area contributed by atoms with Crippen molar-refractivity contribution in [3.8, 4) is 5.75 Å². The molecule has 0 N–H and O–H groups in total. The van der Waals surface area contributed by atoms with Crippen molar-refractivity contribution in [2.24, 2.45) is 0 Å². The average molecular weight is 340 g/mol. The number of aromatic nitrogens is 4. The molecule has 0 atom stereocenters. The molecular weight excluding hydrogens is 324 g/mol. The molecule has 24 heavy (non-hydrogen) atoms. The molecule has 0 saturated heterocycles. The van der Waals surface area contributed by atoms with Gasteiger partial charge in [-0.1, -0.05) is 47.7 Å². The molecule has 0 bridgehead atoms. The Balaban J connectivity index is 1.55. The van der Waals surface area contributed by atoms with E-state index in [1.807, 2.05) is 24.3 Å². The van der Waals surface area contributed by atoms with Crippen LogP contribution in [0.5, 0.6) is 5.75 Å². The van der Waals surface area contributed by atoms with Crippen molar-refractivity contribution < 1.29 is 9.47 Å². The van der Waals surface area contributed by atoms with Gasteiger partial charge in [0.05, 0.1) is 6.61 Å². The first-order valence-electron chi connectivity index (χ1n) is 7.64. The summed E-state index contributed by atoms with van der Waals surface area (Å²) in [7, 11) is 1.67. The average Bonchev–Trinajstić information content (AvgIpc) is 3.18. The quantitative estimate of drug-likeness (QED) is 0.540. The zero-order chi connectivity index (χ0) is 16.4. The Morgan fingerprint density at radius 1 is 1.08 bits per heavy atom. The minimum absolute atomic E-state index is 0.408. The van der Waals surface area contributed by atoms with E-state index in [2.05, 4.69) is 33.5 Å². The van der Waals surface area contributed by atoms with Crippen molar-refractivity contribution in [2.75, 3.05) is 13.7 Å². The molecule has 2 aromatic heterocycles. The van der Waals surface area contributed by atoms with Crippen molar-refractivity contribution in [1.29, 1.82) is 0 Å². The van der Waals surface area contributed by atoms with Crippen molar-refractivity contribution in [3.63, 3.8) is 0 Å². The molecular formula is C17H16N4O2S. The first-order chi connectivity index (χ1) is 11.8. The third kappa shape index (κ3) is 2.83. The summed E-state index contributed by atoms with van der Waals surface area (Å²) in [5.74, 6) is 1.66. The molecule has 0 unspecified atom stereocenters. The van der Waals surface area contributed by atoms with Gasteiger partial charge in [0.1, 0.15) is 12.4 Å². The van der Waals surface area contributed by atoms with Crippen molar-refractivity contribution in [2.45, 2.75) is 13.0 Å². The van der Waals surface area contributed by atoms with Gasteiger partial charge in [-0.25, -0.2) is 0 Å². The minimum atomic E-state index is 0.408. The Bertz CT molecular complexity index is 974. The molecule has 2 aromatic carbocycles. The standard InChI is InChI=1S/C17H16N4O2S/c1-22-10-9-15-18-19-17-21(15)20-16(24-17)11-23-14-8-4-6-12-5-2-3-7-13(12)14/h2-8H,9-11H2,1H3. The van der Waals surface area contributed by atoms with Crippen LogP contribution < -0.4 is 4.74 Å². The molecule has 0 aliphatic rings. The van der Waals surface area contributed by atoms with Crippen LogP contribution in [-0.2, 0) is 17.8 Å². The number of benzene rings is 2. The zero-order valence-electron chi connectivity index (χ0n) is 13.2. The van der Waals surface area contributed by atoms with E-state index in [0.717, 1.165) is 32.3 Å². The van der Waals surface area contributed by atoms with Gasteiger partial charge in [0, 0.05) is 18.9 Å². The van der Waals surface area contributed by atoms with Crippen LogP contribution in [-0.4, -0.2) is 33.5 Å². The van der Waals surface area contributed by atoms with E-state index in [4.69, 9.17) is 9.47 Å². The predicted octanol–water partition coefficient (Wildman–Crippen LogP) is 3.11. The summed E-state index contributed by atoms with van der Waals surface area (Å²) in [5, 5.41) is 16.0. The topological polar surface area (TPSA) is 61.5 Å². The lowest BCUT2D eigenvalue weighted by Crippen LogP contribution is -2.02. The Labute approximate surface area is 142 Å². The summed E-state index contributed by atoms with van der Waals surface area (Å²) in [4.78, 5) is 0.776. The van der Waals surface area contributed by atoms with Crippen LogP contribution in [0.1, 0.15) is 10.8 Å². The second-order valence-electron chi connectivity index (χ2n) is 5.32. The Morgan fingerprint density at radius 3 is 2.88 bits per heavy atom. The van der Waals surface area contributed by atoms with E-state index >= 15 is 0 Å². The van der Waals surface area contributed by atoms with Gasteiger partial charge in [-0.15, -0.1) is 10.2 Å². The van der Waals surface area contributed by atoms with Crippen molar-refractivity contribution in [1.82, 2.24) is 19.8 Å². The second-order valence-corrected chi connectivity index (χ2v) is 6.36. The molecule has 7 heteroatoms. The van der Waals surface area contributed by atoms with Crippen LogP contribution in [0.3, 0.4) is 0 Å². The Morgan fingerprint density at radius 2 is 1.96 bits per heavy atom. The molecule has 0 radical (unpaired) electrons. The minimum Gasteiger partial charge on any atom is -0.486 e. The van der Waals surface area contributed by atoms with Gasteiger partial charge in [0.15, 0.2) is 10.8 Å². The molecule has 0 fully saturated rings. The summed E-state index contributed by atoms with van der Waals surface area (Å²) >= 11 is 1.49. The third-order valence-corrected chi connectivity index (χ3v) is 4.60. The maximum Gasteiger partial charge on any atom is 0.234 e. The van der Waals surface area contributed by atoms with Crippen LogP contribution in [0.4, 0.5) is 0 Å². The highest BCUT2D eigenvalue weighted by atomic mass is 32.1. The lowest BCUT2D eigenvalue weighted by Gasteiger charge is -2.07. The molecule has 4 rings (SSSR count). The molecule has 0 saturated carbocycles. The van der Waals surface area contributed by atoms with Gasteiger partial charge in [-0.2, -0.15) is 9.61 Å². The van der Waals surface area contributed by atoms with E-state index in [0.29, 0.717) is 19.6 Å². The highest BCUT2D eigenvalue weighted by molar-refractivity contribution is 7.16. The summed E-state index contributed by atoms with van der Waals surface area (Å²) in [5.41, 5.74) is 0. The summed E-state index contributed by atoms with van der Waals surface area (Å²) < 4.78 is 12.8. The molecule has 2 heterocycles. The molecule has 0 aliphatic carbocycles. The van der Waals surface area contributed by atoms with E-state index in [1.165, 1.54) is 11.3 Å². The fourth-order valence-electron chi connectivity index (χ4n) is 2.57. The normalized spacial score (nSPS) is 11.4. The van der Waals surface area contributed by atoms with E-state index < -0.39 is 0 Å². The number of ether oxygens (including phenoxy) is 2. The van der Waals surface area contributed by atoms with Crippen LogP contribution in [0.15, 0.2) is 42.5 Å². The molecule has 0 aliphatic heterocycles. The van der Waals surface area contributed by atoms with Crippen LogP contribution >= 0.6 is 11.3 Å². The lowest BCUT2D eigenvalue weighted by molar-refractivity contribution is 0.200. The lowest BCUT2D eigenvalue weighted by atomic mass is 10.1. The van der Waals surface area contributed by atoms with Crippen molar-refractivity contribution in [3.05, 3.63) is 53.3 Å². The largest absolute Gasteiger partial charge is 0.486 e. The third-order valence-electron chi connectivity index (χ3n) is 3.73. The number of fused-ring (bicyclic) bond motifs is 2. The smallest absolute Gasteiger partial charge is 0.234 e. The van der Waals surface area contributed by atoms with Gasteiger partial charge < -0.3 is 9.47 Å². The maximum absolute atomic E-state index is 5.99. The summed E-state index contributed by atoms with van der Waals surface area (Å²) in [6.07, 6.45) is 0.686. The fourth-order valence-corrected chi connectivity index (χ4v) is 3.33. The molecule has 4 aromatic rings. The van der Waals surface area contributed by atoms with Crippen molar-refractivity contribution >= 4 is 27.1 Å². The Hall–Kier alpha value is -2.51. The van der Waals surface area contributed by atoms with Gasteiger partial charge in [0.2, 0.25) is 4.96 Å². The first kappa shape index (κ1) is 15.0. The van der Waals surface area contributed by atoms with Gasteiger partial charge in [0.25, 0.3) is 0 Å². The predicted molar refractivity (Wildman–Crippen MR) is 92.5 cm³/mol. The first-order valence-corrected chi connectivity index (χ1v) is 8.46. The zero-order valence-corrected chi connectivity index (χ0v) is 14.0. The van der Waals surface area contributed by atoms with E-state index in [-0.39, 0.29) is 0 Å². The summed E-state index contributed by atoms with van der Waals surface area (Å²) in [6.45, 7) is 1.01. The number of methoxy groups -OCH3 is 1. The van der Waals surface area contributed by atoms with Gasteiger partial charge >= 0.3 is 0 Å². The SMILES string of the molecule is COCCc1nnc2sc(COc3cccc4ccccc34)nn12. The number of rotatable bonds is 6. The monoisotopic (exact) mass is 340 g/mol. The highest BCUT2D eigenvalue weighted by Crippen LogP contribution is 2.26. The van der Waals surface area contributed by atoms with Crippen LogP contribution in [0.25, 0.3) is 15.7 Å². The number of hydrogen-bond acceptors (Lipinski definition) is 6. The second kappa shape index (κ2) is 6.54. The summed E-state index contributed by atoms with van der Waals surface area (Å²) in [6, 6.07) is 14.2. The van der Waals surface area contributed by atoms with Crippen LogP contribution in [0, 0.1) is 0 Å². The Kier molecular flexibility index (Phi) is 4.10. The fraction of sp³-hybridized carbons (Fsp3) is 0.235. The van der Waals surface area contributed by atoms with Gasteiger partial charge in [-0.3, -0.25) is 0 Å². The van der Waals surface area contributed by atoms with E-state index in [1.54, 1.807) is 11.6 Å². The molecule has 0 spiro atoms. The molecule has 122 valence electrons.